The topological polar surface area (TPSA) is 65.2 Å². The highest BCUT2D eigenvalue weighted by atomic mass is 35.5. The second-order valence-electron chi connectivity index (χ2n) is 3.25. The van der Waals surface area contributed by atoms with Crippen LogP contribution in [-0.4, -0.2) is 22.5 Å². The first kappa shape index (κ1) is 12.9. The van der Waals surface area contributed by atoms with Crippen LogP contribution in [0.1, 0.15) is 17.4 Å². The normalized spacial score (nSPS) is 10.4. The maximum Gasteiger partial charge on any atom is 0.360 e. The minimum absolute atomic E-state index is 0.0789. The van der Waals surface area contributed by atoms with E-state index in [0.717, 1.165) is 6.39 Å². The second kappa shape index (κ2) is 5.37. The molecule has 0 unspecified atom stereocenters. The number of carbonyl (C=O) groups is 1. The lowest BCUT2D eigenvalue weighted by Crippen LogP contribution is -2.06. The van der Waals surface area contributed by atoms with Crippen molar-refractivity contribution in [1.82, 2.24) is 9.97 Å². The Labute approximate surface area is 113 Å². The van der Waals surface area contributed by atoms with Crippen molar-refractivity contribution in [2.75, 3.05) is 6.61 Å². The Morgan fingerprint density at radius 3 is 2.67 bits per heavy atom. The summed E-state index contributed by atoms with van der Waals surface area (Å²) in [7, 11) is 0. The molecule has 94 valence electrons. The van der Waals surface area contributed by atoms with Gasteiger partial charge < -0.3 is 9.15 Å². The summed E-state index contributed by atoms with van der Waals surface area (Å²) in [6, 6.07) is 3.05. The number of pyridine rings is 1. The van der Waals surface area contributed by atoms with Crippen molar-refractivity contribution in [2.45, 2.75) is 6.92 Å². The lowest BCUT2D eigenvalue weighted by atomic mass is 10.2. The van der Waals surface area contributed by atoms with E-state index < -0.39 is 5.97 Å². The molecule has 0 atom stereocenters. The fourth-order valence-corrected chi connectivity index (χ4v) is 1.85. The van der Waals surface area contributed by atoms with E-state index in [9.17, 15) is 4.79 Å². The highest BCUT2D eigenvalue weighted by Gasteiger charge is 2.20. The van der Waals surface area contributed by atoms with Gasteiger partial charge in [0.25, 0.3) is 0 Å². The minimum atomic E-state index is -0.565. The molecule has 18 heavy (non-hydrogen) atoms. The fourth-order valence-electron chi connectivity index (χ4n) is 1.39. The predicted octanol–water partition coefficient (Wildman–Crippen LogP) is 3.22. The third-order valence-electron chi connectivity index (χ3n) is 2.06. The van der Waals surface area contributed by atoms with Crippen molar-refractivity contribution in [3.05, 3.63) is 34.5 Å². The first-order valence-electron chi connectivity index (χ1n) is 5.06. The Morgan fingerprint density at radius 2 is 2.06 bits per heavy atom. The molecule has 0 aliphatic heterocycles. The van der Waals surface area contributed by atoms with E-state index in [-0.39, 0.29) is 28.4 Å². The number of halogens is 2. The van der Waals surface area contributed by atoms with Gasteiger partial charge in [0.15, 0.2) is 17.8 Å². The highest BCUT2D eigenvalue weighted by Crippen LogP contribution is 2.27. The van der Waals surface area contributed by atoms with Crippen LogP contribution in [0.4, 0.5) is 0 Å². The molecule has 0 saturated heterocycles. The zero-order valence-corrected chi connectivity index (χ0v) is 10.8. The van der Waals surface area contributed by atoms with Gasteiger partial charge in [0.05, 0.1) is 6.61 Å². The Morgan fingerprint density at radius 1 is 1.39 bits per heavy atom. The SMILES string of the molecule is CCOC(=O)c1ncoc1-c1cc(Cl)nc(Cl)c1. The maximum absolute atomic E-state index is 11.6. The van der Waals surface area contributed by atoms with E-state index in [2.05, 4.69) is 9.97 Å². The molecule has 0 aliphatic carbocycles. The van der Waals surface area contributed by atoms with Gasteiger partial charge in [-0.2, -0.15) is 0 Å². The fraction of sp³-hybridized carbons (Fsp3) is 0.182. The Kier molecular flexibility index (Phi) is 3.84. The molecule has 7 heteroatoms. The Balaban J connectivity index is 2.45. The molecule has 0 fully saturated rings. The molecule has 0 aromatic carbocycles. The summed E-state index contributed by atoms with van der Waals surface area (Å²) in [5, 5.41) is 0.396. The third kappa shape index (κ3) is 2.63. The van der Waals surface area contributed by atoms with Crippen LogP contribution in [-0.2, 0) is 4.74 Å². The van der Waals surface area contributed by atoms with E-state index in [0.29, 0.717) is 5.56 Å². The van der Waals surface area contributed by atoms with Gasteiger partial charge in [0.2, 0.25) is 0 Å². The van der Waals surface area contributed by atoms with Gasteiger partial charge in [-0.1, -0.05) is 23.2 Å². The molecule has 0 spiro atoms. The molecular weight excluding hydrogens is 279 g/mol. The molecular formula is C11H8Cl2N2O3. The van der Waals surface area contributed by atoms with E-state index in [4.69, 9.17) is 32.4 Å². The summed E-state index contributed by atoms with van der Waals surface area (Å²) >= 11 is 11.6. The number of aromatic nitrogens is 2. The monoisotopic (exact) mass is 286 g/mol. The molecule has 2 rings (SSSR count). The smallest absolute Gasteiger partial charge is 0.360 e. The van der Waals surface area contributed by atoms with E-state index in [1.165, 1.54) is 12.1 Å². The van der Waals surface area contributed by atoms with Gasteiger partial charge >= 0.3 is 5.97 Å². The summed E-state index contributed by atoms with van der Waals surface area (Å²) in [6.07, 6.45) is 1.16. The van der Waals surface area contributed by atoms with Crippen LogP contribution in [0.3, 0.4) is 0 Å². The predicted molar refractivity (Wildman–Crippen MR) is 65.7 cm³/mol. The minimum Gasteiger partial charge on any atom is -0.461 e. The summed E-state index contributed by atoms with van der Waals surface area (Å²) in [5.41, 5.74) is 0.593. The van der Waals surface area contributed by atoms with E-state index in [1.54, 1.807) is 6.92 Å². The van der Waals surface area contributed by atoms with Gasteiger partial charge in [-0.15, -0.1) is 0 Å². The van der Waals surface area contributed by atoms with Gasteiger partial charge in [0.1, 0.15) is 10.3 Å². The molecule has 0 bridgehead atoms. The quantitative estimate of drug-likeness (QED) is 0.640. The van der Waals surface area contributed by atoms with Crippen molar-refractivity contribution in [1.29, 1.82) is 0 Å². The number of oxazole rings is 1. The maximum atomic E-state index is 11.6. The first-order chi connectivity index (χ1) is 8.61. The molecule has 5 nitrogen and oxygen atoms in total. The Hall–Kier alpha value is -1.59. The van der Waals surface area contributed by atoms with Crippen molar-refractivity contribution < 1.29 is 13.9 Å². The molecule has 2 aromatic rings. The lowest BCUT2D eigenvalue weighted by Gasteiger charge is -2.02. The molecule has 0 N–H and O–H groups in total. The lowest BCUT2D eigenvalue weighted by molar-refractivity contribution is 0.0520. The van der Waals surface area contributed by atoms with Crippen molar-refractivity contribution in [3.8, 4) is 11.3 Å². The number of nitrogens with zero attached hydrogens (tertiary/aromatic N) is 2. The van der Waals surface area contributed by atoms with Crippen LogP contribution in [0.15, 0.2) is 22.9 Å². The van der Waals surface area contributed by atoms with Crippen LogP contribution in [0, 0.1) is 0 Å². The van der Waals surface area contributed by atoms with E-state index in [1.807, 2.05) is 0 Å². The Bertz CT molecular complexity index is 563. The van der Waals surface area contributed by atoms with Gasteiger partial charge in [-0.05, 0) is 19.1 Å². The number of carbonyl (C=O) groups excluding carboxylic acids is 1. The second-order valence-corrected chi connectivity index (χ2v) is 4.03. The summed E-state index contributed by atoms with van der Waals surface area (Å²) in [6.45, 7) is 1.96. The standard InChI is InChI=1S/C11H8Cl2N2O3/c1-2-17-11(16)9-10(18-5-14-9)6-3-7(12)15-8(13)4-6/h3-5H,2H2,1H3. The van der Waals surface area contributed by atoms with Crippen molar-refractivity contribution >= 4 is 29.2 Å². The number of ether oxygens (including phenoxy) is 1. The van der Waals surface area contributed by atoms with Gasteiger partial charge in [-0.25, -0.2) is 14.8 Å². The highest BCUT2D eigenvalue weighted by molar-refractivity contribution is 6.32. The average molecular weight is 287 g/mol. The number of rotatable bonds is 3. The number of esters is 1. The number of hydrogen-bond donors (Lipinski definition) is 0. The summed E-state index contributed by atoms with van der Waals surface area (Å²) in [5.74, 6) is -0.315. The molecule has 0 aliphatic rings. The number of hydrogen-bond acceptors (Lipinski definition) is 5. The van der Waals surface area contributed by atoms with Crippen LogP contribution in [0.5, 0.6) is 0 Å². The molecule has 0 radical (unpaired) electrons. The average Bonchev–Trinajstić information content (AvgIpc) is 2.76. The molecule has 0 saturated carbocycles. The van der Waals surface area contributed by atoms with Crippen molar-refractivity contribution in [3.63, 3.8) is 0 Å². The van der Waals surface area contributed by atoms with Crippen LogP contribution >= 0.6 is 23.2 Å². The zero-order valence-electron chi connectivity index (χ0n) is 9.31. The molecule has 2 aromatic heterocycles. The van der Waals surface area contributed by atoms with Crippen molar-refractivity contribution in [2.24, 2.45) is 0 Å². The third-order valence-corrected chi connectivity index (χ3v) is 2.45. The van der Waals surface area contributed by atoms with E-state index >= 15 is 0 Å². The van der Waals surface area contributed by atoms with Crippen LogP contribution in [0.25, 0.3) is 11.3 Å². The molecule has 0 amide bonds. The summed E-state index contributed by atoms with van der Waals surface area (Å²) in [4.78, 5) is 19.3. The van der Waals surface area contributed by atoms with Crippen LogP contribution < -0.4 is 0 Å². The zero-order chi connectivity index (χ0) is 13.1. The van der Waals surface area contributed by atoms with Crippen LogP contribution in [0.2, 0.25) is 10.3 Å². The largest absolute Gasteiger partial charge is 0.461 e. The van der Waals surface area contributed by atoms with Gasteiger partial charge in [0, 0.05) is 5.56 Å². The molecule has 2 heterocycles. The summed E-state index contributed by atoms with van der Waals surface area (Å²) < 4.78 is 10.0. The first-order valence-corrected chi connectivity index (χ1v) is 5.81. The van der Waals surface area contributed by atoms with Gasteiger partial charge in [-0.3, -0.25) is 0 Å².